The van der Waals surface area contributed by atoms with E-state index in [-0.39, 0.29) is 11.9 Å². The standard InChI is InChI=1S/C21H21N3O/c1-14-6-8-19(15(2)11-14)16(3)24-21(25)18-7-9-20(23-13-18)17-5-4-10-22-12-17/h4-13,16H,1-3H3,(H,24,25)/t16-/m1/s1. The van der Waals surface area contributed by atoms with Gasteiger partial charge in [-0.1, -0.05) is 23.8 Å². The number of nitrogens with zero attached hydrogens (tertiary/aromatic N) is 2. The van der Waals surface area contributed by atoms with Crippen LogP contribution in [-0.4, -0.2) is 15.9 Å². The SMILES string of the molecule is Cc1ccc([C@@H](C)NC(=O)c2ccc(-c3cccnc3)nc2)c(C)c1. The molecule has 1 N–H and O–H groups in total. The van der Waals surface area contributed by atoms with Gasteiger partial charge in [-0.25, -0.2) is 0 Å². The van der Waals surface area contributed by atoms with Crippen molar-refractivity contribution in [2.45, 2.75) is 26.8 Å². The maximum Gasteiger partial charge on any atom is 0.253 e. The first kappa shape index (κ1) is 16.8. The first-order valence-corrected chi connectivity index (χ1v) is 8.29. The van der Waals surface area contributed by atoms with Gasteiger partial charge in [0.25, 0.3) is 5.91 Å². The quantitative estimate of drug-likeness (QED) is 0.777. The van der Waals surface area contributed by atoms with Crippen LogP contribution in [0.4, 0.5) is 0 Å². The molecule has 1 aromatic carbocycles. The van der Waals surface area contributed by atoms with Crippen LogP contribution in [0.1, 0.15) is 40.0 Å². The Labute approximate surface area is 148 Å². The van der Waals surface area contributed by atoms with E-state index in [4.69, 9.17) is 0 Å². The summed E-state index contributed by atoms with van der Waals surface area (Å²) in [5.41, 5.74) is 5.79. The Morgan fingerprint density at radius 2 is 1.92 bits per heavy atom. The molecular formula is C21H21N3O. The van der Waals surface area contributed by atoms with Gasteiger partial charge < -0.3 is 5.32 Å². The summed E-state index contributed by atoms with van der Waals surface area (Å²) in [6.07, 6.45) is 5.08. The van der Waals surface area contributed by atoms with E-state index in [1.165, 1.54) is 11.1 Å². The highest BCUT2D eigenvalue weighted by Crippen LogP contribution is 2.20. The van der Waals surface area contributed by atoms with E-state index < -0.39 is 0 Å². The summed E-state index contributed by atoms with van der Waals surface area (Å²) in [6, 6.07) is 13.6. The number of hydrogen-bond acceptors (Lipinski definition) is 3. The fourth-order valence-electron chi connectivity index (χ4n) is 2.88. The molecule has 2 aromatic heterocycles. The number of hydrogen-bond donors (Lipinski definition) is 1. The average Bonchev–Trinajstić information content (AvgIpc) is 2.62. The van der Waals surface area contributed by atoms with Crippen LogP contribution in [0.5, 0.6) is 0 Å². The van der Waals surface area contributed by atoms with E-state index in [0.29, 0.717) is 5.56 Å². The number of benzene rings is 1. The van der Waals surface area contributed by atoms with Gasteiger partial charge >= 0.3 is 0 Å². The summed E-state index contributed by atoms with van der Waals surface area (Å²) in [6.45, 7) is 6.12. The molecule has 0 radical (unpaired) electrons. The maximum absolute atomic E-state index is 12.5. The Morgan fingerprint density at radius 1 is 1.08 bits per heavy atom. The molecule has 3 aromatic rings. The molecule has 0 fully saturated rings. The third-order valence-electron chi connectivity index (χ3n) is 4.22. The van der Waals surface area contributed by atoms with Crippen molar-refractivity contribution in [3.05, 3.63) is 83.3 Å². The van der Waals surface area contributed by atoms with Crippen molar-refractivity contribution in [1.82, 2.24) is 15.3 Å². The lowest BCUT2D eigenvalue weighted by molar-refractivity contribution is 0.0939. The summed E-state index contributed by atoms with van der Waals surface area (Å²) < 4.78 is 0. The van der Waals surface area contributed by atoms with Gasteiger partial charge in [0.15, 0.2) is 0 Å². The smallest absolute Gasteiger partial charge is 0.253 e. The third-order valence-corrected chi connectivity index (χ3v) is 4.22. The van der Waals surface area contributed by atoms with E-state index in [0.717, 1.165) is 16.8 Å². The molecule has 0 bridgehead atoms. The second-order valence-electron chi connectivity index (χ2n) is 6.23. The van der Waals surface area contributed by atoms with Crippen LogP contribution >= 0.6 is 0 Å². The van der Waals surface area contributed by atoms with Crippen molar-refractivity contribution in [2.75, 3.05) is 0 Å². The van der Waals surface area contributed by atoms with E-state index in [1.54, 1.807) is 24.7 Å². The largest absolute Gasteiger partial charge is 0.345 e. The Bertz CT molecular complexity index is 873. The van der Waals surface area contributed by atoms with Gasteiger partial charge in [-0.2, -0.15) is 0 Å². The lowest BCUT2D eigenvalue weighted by atomic mass is 10.00. The molecule has 0 saturated heterocycles. The van der Waals surface area contributed by atoms with E-state index in [2.05, 4.69) is 47.3 Å². The van der Waals surface area contributed by atoms with Gasteiger partial charge in [0, 0.05) is 24.2 Å². The normalized spacial score (nSPS) is 11.8. The molecule has 126 valence electrons. The van der Waals surface area contributed by atoms with E-state index in [1.807, 2.05) is 25.1 Å². The van der Waals surface area contributed by atoms with Crippen LogP contribution in [0.15, 0.2) is 61.1 Å². The zero-order chi connectivity index (χ0) is 17.8. The highest BCUT2D eigenvalue weighted by Gasteiger charge is 2.14. The summed E-state index contributed by atoms with van der Waals surface area (Å²) in [5, 5.41) is 3.04. The number of carbonyl (C=O) groups is 1. The number of pyridine rings is 2. The minimum atomic E-state index is -0.127. The van der Waals surface area contributed by atoms with Crippen molar-refractivity contribution >= 4 is 5.91 Å². The minimum Gasteiger partial charge on any atom is -0.345 e. The minimum absolute atomic E-state index is 0.0638. The van der Waals surface area contributed by atoms with Crippen LogP contribution in [0.2, 0.25) is 0 Å². The summed E-state index contributed by atoms with van der Waals surface area (Å²) in [5.74, 6) is -0.127. The average molecular weight is 331 g/mol. The second kappa shape index (κ2) is 7.26. The Hall–Kier alpha value is -3.01. The predicted molar refractivity (Wildman–Crippen MR) is 99.3 cm³/mol. The molecular weight excluding hydrogens is 310 g/mol. The number of aryl methyl sites for hydroxylation is 2. The van der Waals surface area contributed by atoms with Gasteiger partial charge in [0.2, 0.25) is 0 Å². The topological polar surface area (TPSA) is 54.9 Å². The summed E-state index contributed by atoms with van der Waals surface area (Å²) >= 11 is 0. The van der Waals surface area contributed by atoms with Crippen molar-refractivity contribution in [3.63, 3.8) is 0 Å². The Kier molecular flexibility index (Phi) is 4.89. The fraction of sp³-hybridized carbons (Fsp3) is 0.190. The number of amides is 1. The molecule has 2 heterocycles. The molecule has 25 heavy (non-hydrogen) atoms. The van der Waals surface area contributed by atoms with Gasteiger partial charge in [-0.15, -0.1) is 0 Å². The monoisotopic (exact) mass is 331 g/mol. The predicted octanol–water partition coefficient (Wildman–Crippen LogP) is 4.25. The lowest BCUT2D eigenvalue weighted by Gasteiger charge is -2.17. The zero-order valence-corrected chi connectivity index (χ0v) is 14.7. The van der Waals surface area contributed by atoms with Crippen molar-refractivity contribution < 1.29 is 4.79 Å². The Morgan fingerprint density at radius 3 is 2.56 bits per heavy atom. The van der Waals surface area contributed by atoms with Crippen LogP contribution in [0.3, 0.4) is 0 Å². The van der Waals surface area contributed by atoms with Crippen LogP contribution < -0.4 is 5.32 Å². The summed E-state index contributed by atoms with van der Waals surface area (Å²) in [4.78, 5) is 21.0. The molecule has 3 rings (SSSR count). The van der Waals surface area contributed by atoms with E-state index in [9.17, 15) is 4.79 Å². The van der Waals surface area contributed by atoms with Crippen molar-refractivity contribution in [3.8, 4) is 11.3 Å². The van der Waals surface area contributed by atoms with Gasteiger partial charge in [-0.05, 0) is 56.2 Å². The number of nitrogens with one attached hydrogen (secondary N) is 1. The van der Waals surface area contributed by atoms with Crippen molar-refractivity contribution in [2.24, 2.45) is 0 Å². The molecule has 0 aliphatic rings. The second-order valence-corrected chi connectivity index (χ2v) is 6.23. The maximum atomic E-state index is 12.5. The molecule has 1 atom stereocenters. The van der Waals surface area contributed by atoms with Crippen molar-refractivity contribution in [1.29, 1.82) is 0 Å². The highest BCUT2D eigenvalue weighted by atomic mass is 16.1. The first-order chi connectivity index (χ1) is 12.0. The number of carbonyl (C=O) groups excluding carboxylic acids is 1. The zero-order valence-electron chi connectivity index (χ0n) is 14.7. The molecule has 0 saturated carbocycles. The van der Waals surface area contributed by atoms with Gasteiger partial charge in [0.1, 0.15) is 0 Å². The van der Waals surface area contributed by atoms with Crippen LogP contribution in [0.25, 0.3) is 11.3 Å². The molecule has 0 unspecified atom stereocenters. The van der Waals surface area contributed by atoms with Crippen LogP contribution in [0, 0.1) is 13.8 Å². The first-order valence-electron chi connectivity index (χ1n) is 8.29. The molecule has 4 nitrogen and oxygen atoms in total. The van der Waals surface area contributed by atoms with E-state index >= 15 is 0 Å². The lowest BCUT2D eigenvalue weighted by Crippen LogP contribution is -2.27. The molecule has 1 amide bonds. The number of aromatic nitrogens is 2. The van der Waals surface area contributed by atoms with Gasteiger partial charge in [-0.3, -0.25) is 14.8 Å². The summed E-state index contributed by atoms with van der Waals surface area (Å²) in [7, 11) is 0. The number of rotatable bonds is 4. The molecule has 4 heteroatoms. The highest BCUT2D eigenvalue weighted by molar-refractivity contribution is 5.94. The molecule has 0 spiro atoms. The van der Waals surface area contributed by atoms with Crippen LogP contribution in [-0.2, 0) is 0 Å². The Balaban J connectivity index is 1.73. The molecule has 0 aliphatic carbocycles. The third kappa shape index (κ3) is 3.91. The molecule has 0 aliphatic heterocycles. The van der Waals surface area contributed by atoms with Gasteiger partial charge in [0.05, 0.1) is 17.3 Å². The fourth-order valence-corrected chi connectivity index (χ4v) is 2.88.